The van der Waals surface area contributed by atoms with Crippen molar-refractivity contribution in [2.24, 2.45) is 0 Å². The summed E-state index contributed by atoms with van der Waals surface area (Å²) in [6.07, 6.45) is -0.593. The van der Waals surface area contributed by atoms with Gasteiger partial charge in [-0.15, -0.1) is 0 Å². The molecule has 0 radical (unpaired) electrons. The molecular weight excluding hydrogens is 167 g/mol. The standard InChI is InChI=1S/C4H6O4.K.H2O.H/c5-3(6)1-2-4(7)8;;;/h1-2H2,(H,5,6)(H,7,8);;1H2;/q;+1;;-1. The van der Waals surface area contributed by atoms with Gasteiger partial charge in [0, 0.05) is 0 Å². The van der Waals surface area contributed by atoms with Gasteiger partial charge in [-0.05, 0) is 0 Å². The summed E-state index contributed by atoms with van der Waals surface area (Å²) in [6.45, 7) is 0. The van der Waals surface area contributed by atoms with Crippen LogP contribution >= 0.6 is 0 Å². The first kappa shape index (κ1) is 16.9. The van der Waals surface area contributed by atoms with Crippen LogP contribution in [0, 0.1) is 0 Å². The van der Waals surface area contributed by atoms with E-state index in [1.54, 1.807) is 0 Å². The van der Waals surface area contributed by atoms with Crippen LogP contribution in [-0.2, 0) is 9.59 Å². The molecule has 0 aromatic heterocycles. The first-order valence-corrected chi connectivity index (χ1v) is 2.06. The van der Waals surface area contributed by atoms with E-state index in [9.17, 15) is 9.59 Å². The van der Waals surface area contributed by atoms with Crippen LogP contribution in [0.1, 0.15) is 14.3 Å². The van der Waals surface area contributed by atoms with Gasteiger partial charge in [0.05, 0.1) is 12.8 Å². The number of hydrogen-bond acceptors (Lipinski definition) is 2. The van der Waals surface area contributed by atoms with Crippen molar-refractivity contribution in [3.8, 4) is 0 Å². The summed E-state index contributed by atoms with van der Waals surface area (Å²) in [4.78, 5) is 19.3. The molecule has 0 aliphatic heterocycles. The number of aliphatic carboxylic acids is 2. The third kappa shape index (κ3) is 15.8. The van der Waals surface area contributed by atoms with Crippen LogP contribution in [0.15, 0.2) is 0 Å². The first-order chi connectivity index (χ1) is 3.63. The van der Waals surface area contributed by atoms with Gasteiger partial charge in [0.1, 0.15) is 0 Å². The van der Waals surface area contributed by atoms with Crippen molar-refractivity contribution in [2.75, 3.05) is 0 Å². The quantitative estimate of drug-likeness (QED) is 0.430. The van der Waals surface area contributed by atoms with Crippen LogP contribution in [0.5, 0.6) is 0 Å². The van der Waals surface area contributed by atoms with E-state index >= 15 is 0 Å². The van der Waals surface area contributed by atoms with Crippen molar-refractivity contribution < 1.29 is 78.1 Å². The van der Waals surface area contributed by atoms with E-state index in [2.05, 4.69) is 0 Å². The van der Waals surface area contributed by atoms with Gasteiger partial charge in [0.25, 0.3) is 0 Å². The Balaban J connectivity index is -0.0000000817. The largest absolute Gasteiger partial charge is 1.00 e. The molecule has 6 heteroatoms. The van der Waals surface area contributed by atoms with Crippen LogP contribution < -0.4 is 51.4 Å². The molecule has 0 saturated carbocycles. The molecule has 10 heavy (non-hydrogen) atoms. The molecule has 0 rings (SSSR count). The molecule has 56 valence electrons. The molecule has 5 nitrogen and oxygen atoms in total. The van der Waals surface area contributed by atoms with Gasteiger partial charge >= 0.3 is 63.3 Å². The van der Waals surface area contributed by atoms with Gasteiger partial charge in [-0.2, -0.15) is 0 Å². The van der Waals surface area contributed by atoms with E-state index in [1.165, 1.54) is 0 Å². The zero-order valence-electron chi connectivity index (χ0n) is 6.63. The Hall–Kier alpha value is 0.536. The molecule has 0 fully saturated rings. The predicted octanol–water partition coefficient (Wildman–Crippen LogP) is -3.77. The normalized spacial score (nSPS) is 6.80. The minimum absolute atomic E-state index is 0. The maximum absolute atomic E-state index is 9.64. The van der Waals surface area contributed by atoms with Gasteiger partial charge in [-0.1, -0.05) is 0 Å². The average molecular weight is 176 g/mol. The third-order valence-corrected chi connectivity index (χ3v) is 0.553. The molecule has 4 N–H and O–H groups in total. The predicted molar refractivity (Wildman–Crippen MR) is 29.2 cm³/mol. The molecule has 0 atom stereocenters. The number of carbonyl (C=O) groups is 2. The fourth-order valence-corrected chi connectivity index (χ4v) is 0.214. The van der Waals surface area contributed by atoms with Crippen molar-refractivity contribution >= 4 is 11.9 Å². The van der Waals surface area contributed by atoms with Crippen molar-refractivity contribution in [3.63, 3.8) is 0 Å². The van der Waals surface area contributed by atoms with Gasteiger partial charge in [-0.3, -0.25) is 9.59 Å². The van der Waals surface area contributed by atoms with Crippen LogP contribution in [-0.4, -0.2) is 27.6 Å². The third-order valence-electron chi connectivity index (χ3n) is 0.553. The fourth-order valence-electron chi connectivity index (χ4n) is 0.214. The van der Waals surface area contributed by atoms with E-state index in [4.69, 9.17) is 10.2 Å². The zero-order chi connectivity index (χ0) is 6.57. The Bertz CT molecular complexity index is 103. The monoisotopic (exact) mass is 176 g/mol. The molecule has 0 aromatic carbocycles. The molecule has 0 aromatic rings. The van der Waals surface area contributed by atoms with Crippen LogP contribution in [0.3, 0.4) is 0 Å². The molecule has 0 bridgehead atoms. The van der Waals surface area contributed by atoms with E-state index in [1.807, 2.05) is 0 Å². The van der Waals surface area contributed by atoms with Crippen LogP contribution in [0.2, 0.25) is 0 Å². The van der Waals surface area contributed by atoms with Gasteiger partial charge in [-0.25, -0.2) is 0 Å². The molecule has 0 unspecified atom stereocenters. The second-order valence-electron chi connectivity index (χ2n) is 1.29. The van der Waals surface area contributed by atoms with E-state index < -0.39 is 11.9 Å². The molecule has 0 aliphatic carbocycles. The molecule has 0 spiro atoms. The molecule has 0 aliphatic rings. The van der Waals surface area contributed by atoms with Crippen LogP contribution in [0.25, 0.3) is 0 Å². The van der Waals surface area contributed by atoms with E-state index in [0.717, 1.165) is 0 Å². The number of carboxylic acid groups (broad SMARTS) is 2. The zero-order valence-corrected chi connectivity index (χ0v) is 8.75. The first-order valence-electron chi connectivity index (χ1n) is 2.06. The van der Waals surface area contributed by atoms with Gasteiger partial charge in [0.2, 0.25) is 0 Å². The Morgan fingerprint density at radius 3 is 1.40 bits per heavy atom. The Morgan fingerprint density at radius 1 is 1.10 bits per heavy atom. The maximum atomic E-state index is 9.64. The SMILES string of the molecule is O.O=C(O)CCC(=O)O.[H-].[K+]. The van der Waals surface area contributed by atoms with Crippen LogP contribution in [0.4, 0.5) is 0 Å². The van der Waals surface area contributed by atoms with E-state index in [-0.39, 0.29) is 71.1 Å². The molecule has 0 heterocycles. The fraction of sp³-hybridized carbons (Fsp3) is 0.500. The van der Waals surface area contributed by atoms with Crippen molar-refractivity contribution in [2.45, 2.75) is 12.8 Å². The maximum Gasteiger partial charge on any atom is 1.00 e. The van der Waals surface area contributed by atoms with Gasteiger partial charge in [0.15, 0.2) is 0 Å². The summed E-state index contributed by atoms with van der Waals surface area (Å²) in [7, 11) is 0. The Kier molecular flexibility index (Phi) is 16.1. The topological polar surface area (TPSA) is 106 Å². The summed E-state index contributed by atoms with van der Waals surface area (Å²) in [5.74, 6) is -2.15. The summed E-state index contributed by atoms with van der Waals surface area (Å²) in [6, 6.07) is 0. The Labute approximate surface area is 102 Å². The number of carboxylic acids is 2. The van der Waals surface area contributed by atoms with Crippen molar-refractivity contribution in [1.29, 1.82) is 0 Å². The number of hydrogen-bond donors (Lipinski definition) is 2. The van der Waals surface area contributed by atoms with Crippen molar-refractivity contribution in [3.05, 3.63) is 0 Å². The molecule has 0 saturated heterocycles. The second-order valence-corrected chi connectivity index (χ2v) is 1.29. The second kappa shape index (κ2) is 9.54. The summed E-state index contributed by atoms with van der Waals surface area (Å²) in [5, 5.41) is 15.8. The van der Waals surface area contributed by atoms with Gasteiger partial charge < -0.3 is 17.1 Å². The molecule has 0 amide bonds. The summed E-state index contributed by atoms with van der Waals surface area (Å²) in [5.41, 5.74) is 0. The minimum atomic E-state index is -1.08. The average Bonchev–Trinajstić information content (AvgIpc) is 1.61. The van der Waals surface area contributed by atoms with E-state index in [0.29, 0.717) is 0 Å². The summed E-state index contributed by atoms with van der Waals surface area (Å²) < 4.78 is 0. The van der Waals surface area contributed by atoms with Crippen molar-refractivity contribution in [1.82, 2.24) is 0 Å². The minimum Gasteiger partial charge on any atom is -1.00 e. The number of rotatable bonds is 3. The smallest absolute Gasteiger partial charge is 1.00 e. The summed E-state index contributed by atoms with van der Waals surface area (Å²) >= 11 is 0. The molecular formula is C4H9KO5. The Morgan fingerprint density at radius 2 is 1.30 bits per heavy atom.